The Bertz CT molecular complexity index is 274. The molecule has 1 aromatic rings. The minimum absolute atomic E-state index is 0.871. The highest BCUT2D eigenvalue weighted by Crippen LogP contribution is 2.28. The van der Waals surface area contributed by atoms with Gasteiger partial charge < -0.3 is 0 Å². The van der Waals surface area contributed by atoms with E-state index in [9.17, 15) is 0 Å². The molecule has 0 unspecified atom stereocenters. The lowest BCUT2D eigenvalue weighted by atomic mass is 9.98. The summed E-state index contributed by atoms with van der Waals surface area (Å²) >= 11 is 5.93. The van der Waals surface area contributed by atoms with Gasteiger partial charge in [-0.2, -0.15) is 0 Å². The van der Waals surface area contributed by atoms with Crippen LogP contribution in [0.1, 0.15) is 31.2 Å². The summed E-state index contributed by atoms with van der Waals surface area (Å²) < 4.78 is 0. The molecule has 1 aliphatic rings. The molecule has 2 rings (SSSR count). The maximum atomic E-state index is 5.93. The summed E-state index contributed by atoms with van der Waals surface area (Å²) in [6, 6.07) is 8.27. The molecular formula is C12H15Cl. The second-order valence-corrected chi connectivity index (χ2v) is 4.42. The van der Waals surface area contributed by atoms with Crippen LogP contribution in [-0.2, 0) is 6.42 Å². The summed E-state index contributed by atoms with van der Waals surface area (Å²) in [6.07, 6.45) is 6.88. The van der Waals surface area contributed by atoms with Crippen molar-refractivity contribution in [2.75, 3.05) is 0 Å². The van der Waals surface area contributed by atoms with E-state index in [2.05, 4.69) is 12.1 Å². The molecule has 13 heavy (non-hydrogen) atoms. The molecule has 1 aromatic carbocycles. The normalized spacial score (nSPS) is 17.9. The first-order valence-corrected chi connectivity index (χ1v) is 5.47. The molecular weight excluding hydrogens is 180 g/mol. The van der Waals surface area contributed by atoms with Crippen molar-refractivity contribution in [2.45, 2.75) is 32.1 Å². The summed E-state index contributed by atoms with van der Waals surface area (Å²) in [6.45, 7) is 0. The van der Waals surface area contributed by atoms with Gasteiger partial charge in [-0.15, -0.1) is 0 Å². The van der Waals surface area contributed by atoms with Crippen LogP contribution in [0.15, 0.2) is 24.3 Å². The van der Waals surface area contributed by atoms with Crippen LogP contribution in [0.4, 0.5) is 0 Å². The van der Waals surface area contributed by atoms with Gasteiger partial charge in [0.2, 0.25) is 0 Å². The van der Waals surface area contributed by atoms with Crippen LogP contribution in [-0.4, -0.2) is 0 Å². The molecule has 0 N–H and O–H groups in total. The zero-order valence-corrected chi connectivity index (χ0v) is 8.56. The Morgan fingerprint density at radius 1 is 1.23 bits per heavy atom. The van der Waals surface area contributed by atoms with Gasteiger partial charge in [-0.25, -0.2) is 0 Å². The monoisotopic (exact) mass is 194 g/mol. The van der Waals surface area contributed by atoms with Gasteiger partial charge in [0.1, 0.15) is 0 Å². The van der Waals surface area contributed by atoms with E-state index in [0.717, 1.165) is 10.9 Å². The third kappa shape index (κ3) is 2.47. The lowest BCUT2D eigenvalue weighted by molar-refractivity contribution is 0.546. The molecule has 1 saturated carbocycles. The first-order valence-electron chi connectivity index (χ1n) is 5.09. The van der Waals surface area contributed by atoms with Crippen LogP contribution in [0.3, 0.4) is 0 Å². The van der Waals surface area contributed by atoms with Crippen molar-refractivity contribution in [3.63, 3.8) is 0 Å². The predicted molar refractivity (Wildman–Crippen MR) is 57.1 cm³/mol. The molecule has 0 aliphatic heterocycles. The molecule has 1 aliphatic carbocycles. The summed E-state index contributed by atoms with van der Waals surface area (Å²) in [5.74, 6) is 0.915. The Morgan fingerprint density at radius 2 is 2.00 bits per heavy atom. The summed E-state index contributed by atoms with van der Waals surface area (Å²) in [7, 11) is 0. The average Bonchev–Trinajstić information content (AvgIpc) is 2.57. The van der Waals surface area contributed by atoms with E-state index < -0.39 is 0 Å². The fraction of sp³-hybridized carbons (Fsp3) is 0.500. The van der Waals surface area contributed by atoms with Gasteiger partial charge in [0.25, 0.3) is 0 Å². The number of rotatable bonds is 2. The lowest BCUT2D eigenvalue weighted by Gasteiger charge is -2.08. The molecule has 0 heterocycles. The van der Waals surface area contributed by atoms with E-state index in [4.69, 9.17) is 11.6 Å². The van der Waals surface area contributed by atoms with E-state index in [1.165, 1.54) is 37.7 Å². The zero-order valence-electron chi connectivity index (χ0n) is 7.80. The first-order chi connectivity index (χ1) is 6.34. The Balaban J connectivity index is 2.00. The molecule has 0 bridgehead atoms. The van der Waals surface area contributed by atoms with E-state index in [1.807, 2.05) is 12.1 Å². The predicted octanol–water partition coefficient (Wildman–Crippen LogP) is 4.07. The van der Waals surface area contributed by atoms with Crippen molar-refractivity contribution in [3.05, 3.63) is 34.9 Å². The molecule has 0 radical (unpaired) electrons. The molecule has 0 nitrogen and oxygen atoms in total. The third-order valence-corrected chi connectivity index (χ3v) is 3.12. The zero-order chi connectivity index (χ0) is 9.10. The smallest absolute Gasteiger partial charge is 0.0408 e. The largest absolute Gasteiger partial charge is 0.0843 e. The van der Waals surface area contributed by atoms with Crippen LogP contribution in [0.25, 0.3) is 0 Å². The highest BCUT2D eigenvalue weighted by Gasteiger charge is 2.14. The Kier molecular flexibility index (Phi) is 2.90. The van der Waals surface area contributed by atoms with Crippen LogP contribution in [0.2, 0.25) is 5.02 Å². The van der Waals surface area contributed by atoms with Gasteiger partial charge in [0, 0.05) is 5.02 Å². The van der Waals surface area contributed by atoms with E-state index in [1.54, 1.807) is 0 Å². The minimum Gasteiger partial charge on any atom is -0.0843 e. The van der Waals surface area contributed by atoms with Gasteiger partial charge in [-0.3, -0.25) is 0 Å². The molecule has 0 atom stereocenters. The molecule has 0 aromatic heterocycles. The van der Waals surface area contributed by atoms with Gasteiger partial charge in [0.15, 0.2) is 0 Å². The lowest BCUT2D eigenvalue weighted by Crippen LogP contribution is -1.98. The van der Waals surface area contributed by atoms with Crippen LogP contribution in [0.5, 0.6) is 0 Å². The van der Waals surface area contributed by atoms with Crippen molar-refractivity contribution in [1.29, 1.82) is 0 Å². The van der Waals surface area contributed by atoms with Gasteiger partial charge in [-0.05, 0) is 30.0 Å². The number of hydrogen-bond donors (Lipinski definition) is 0. The van der Waals surface area contributed by atoms with Crippen LogP contribution < -0.4 is 0 Å². The van der Waals surface area contributed by atoms with E-state index >= 15 is 0 Å². The Labute approximate surface area is 84.9 Å². The quantitative estimate of drug-likeness (QED) is 0.666. The van der Waals surface area contributed by atoms with Crippen LogP contribution >= 0.6 is 11.6 Å². The van der Waals surface area contributed by atoms with Crippen molar-refractivity contribution < 1.29 is 0 Å². The maximum absolute atomic E-state index is 5.93. The molecule has 0 amide bonds. The molecule has 1 fully saturated rings. The second kappa shape index (κ2) is 4.15. The minimum atomic E-state index is 0.871. The fourth-order valence-corrected chi connectivity index (χ4v) is 2.42. The molecule has 0 saturated heterocycles. The molecule has 70 valence electrons. The molecule has 0 spiro atoms. The Morgan fingerprint density at radius 3 is 2.69 bits per heavy atom. The van der Waals surface area contributed by atoms with Crippen molar-refractivity contribution in [3.8, 4) is 0 Å². The summed E-state index contributed by atoms with van der Waals surface area (Å²) in [5.41, 5.74) is 1.40. The maximum Gasteiger partial charge on any atom is 0.0408 e. The van der Waals surface area contributed by atoms with Crippen LogP contribution in [0, 0.1) is 5.92 Å². The highest BCUT2D eigenvalue weighted by atomic mass is 35.5. The third-order valence-electron chi connectivity index (χ3n) is 2.89. The van der Waals surface area contributed by atoms with Crippen molar-refractivity contribution in [2.24, 2.45) is 5.92 Å². The van der Waals surface area contributed by atoms with Crippen molar-refractivity contribution in [1.82, 2.24) is 0 Å². The SMILES string of the molecule is Clc1cccc(CC2CCCC2)c1. The summed E-state index contributed by atoms with van der Waals surface area (Å²) in [4.78, 5) is 0. The first kappa shape index (κ1) is 9.08. The number of benzene rings is 1. The van der Waals surface area contributed by atoms with Gasteiger partial charge in [0.05, 0.1) is 0 Å². The van der Waals surface area contributed by atoms with Crippen molar-refractivity contribution >= 4 is 11.6 Å². The Hall–Kier alpha value is -0.490. The topological polar surface area (TPSA) is 0 Å². The van der Waals surface area contributed by atoms with E-state index in [-0.39, 0.29) is 0 Å². The van der Waals surface area contributed by atoms with Gasteiger partial charge in [-0.1, -0.05) is 49.4 Å². The highest BCUT2D eigenvalue weighted by molar-refractivity contribution is 6.30. The molecule has 1 heteroatoms. The standard InChI is InChI=1S/C12H15Cl/c13-12-7-3-6-11(9-12)8-10-4-1-2-5-10/h3,6-7,9-10H,1-2,4-5,8H2. The average molecular weight is 195 g/mol. The second-order valence-electron chi connectivity index (χ2n) is 3.98. The number of halogens is 1. The van der Waals surface area contributed by atoms with Gasteiger partial charge >= 0.3 is 0 Å². The summed E-state index contributed by atoms with van der Waals surface area (Å²) in [5, 5.41) is 0.871. The van der Waals surface area contributed by atoms with E-state index in [0.29, 0.717) is 0 Å². The number of hydrogen-bond acceptors (Lipinski definition) is 0. The fourth-order valence-electron chi connectivity index (χ4n) is 2.21.